The Labute approximate surface area is 282 Å². The third-order valence-corrected chi connectivity index (χ3v) is 9.14. The molecule has 6 rings (SSSR count). The molecule has 2 atom stereocenters. The molecule has 7 nitrogen and oxygen atoms in total. The molecule has 248 valence electrons. The fourth-order valence-corrected chi connectivity index (χ4v) is 6.66. The summed E-state index contributed by atoms with van der Waals surface area (Å²) in [6, 6.07) is 12.5. The highest BCUT2D eigenvalue weighted by atomic mass is 35.5. The molecule has 0 saturated carbocycles. The van der Waals surface area contributed by atoms with Crippen LogP contribution in [0.1, 0.15) is 67.6 Å². The summed E-state index contributed by atoms with van der Waals surface area (Å²) in [6.07, 6.45) is 0.489. The van der Waals surface area contributed by atoms with Crippen molar-refractivity contribution in [2.24, 2.45) is 0 Å². The van der Waals surface area contributed by atoms with E-state index in [0.717, 1.165) is 24.3 Å². The second kappa shape index (κ2) is 13.9. The van der Waals surface area contributed by atoms with Crippen LogP contribution in [0.25, 0.3) is 0 Å². The van der Waals surface area contributed by atoms with E-state index in [1.165, 1.54) is 36.4 Å². The number of carbonyl (C=O) groups is 3. The summed E-state index contributed by atoms with van der Waals surface area (Å²) in [7, 11) is 0. The van der Waals surface area contributed by atoms with Crippen molar-refractivity contribution in [2.75, 3.05) is 23.8 Å². The van der Waals surface area contributed by atoms with Crippen LogP contribution in [-0.4, -0.2) is 31.2 Å². The van der Waals surface area contributed by atoms with Gasteiger partial charge in [-0.15, -0.1) is 0 Å². The molecule has 2 amide bonds. The maximum atomic E-state index is 15.0. The molecule has 0 aliphatic heterocycles. The van der Waals surface area contributed by atoms with Gasteiger partial charge in [0.2, 0.25) is 0 Å². The number of benzene rings is 4. The monoisotopic (exact) mass is 700 g/mol. The Morgan fingerprint density at radius 1 is 0.625 bits per heavy atom. The highest BCUT2D eigenvalue weighted by molar-refractivity contribution is 6.31. The van der Waals surface area contributed by atoms with Gasteiger partial charge in [0, 0.05) is 34.3 Å². The van der Waals surface area contributed by atoms with Crippen LogP contribution in [0, 0.1) is 23.3 Å². The lowest BCUT2D eigenvalue weighted by molar-refractivity contribution is 0.0464. The second-order valence-electron chi connectivity index (χ2n) is 11.5. The van der Waals surface area contributed by atoms with Crippen LogP contribution in [0.3, 0.4) is 0 Å². The van der Waals surface area contributed by atoms with Gasteiger partial charge in [0.05, 0.1) is 10.0 Å². The quantitative estimate of drug-likeness (QED) is 0.141. The molecule has 0 saturated heterocycles. The first-order chi connectivity index (χ1) is 23.0. The minimum Gasteiger partial charge on any atom is -0.434 e. The van der Waals surface area contributed by atoms with E-state index in [-0.39, 0.29) is 56.9 Å². The lowest BCUT2D eigenvalue weighted by atomic mass is 9.97. The fourth-order valence-electron chi connectivity index (χ4n) is 6.30. The average molecular weight is 702 g/mol. The first-order valence-electron chi connectivity index (χ1n) is 14.9. The number of amides is 2. The van der Waals surface area contributed by atoms with Crippen LogP contribution in [0.15, 0.2) is 60.7 Å². The third-order valence-electron chi connectivity index (χ3n) is 8.56. The molecule has 0 unspecified atom stereocenters. The zero-order chi connectivity index (χ0) is 34.1. The van der Waals surface area contributed by atoms with Crippen molar-refractivity contribution in [1.82, 2.24) is 0 Å². The molecule has 2 aliphatic rings. The highest BCUT2D eigenvalue weighted by Crippen LogP contribution is 2.39. The zero-order valence-corrected chi connectivity index (χ0v) is 26.5. The fraction of sp³-hybridized carbons (Fsp3) is 0.229. The predicted octanol–water partition coefficient (Wildman–Crippen LogP) is 8.97. The van der Waals surface area contributed by atoms with E-state index in [4.69, 9.17) is 32.7 Å². The molecule has 4 aromatic carbocycles. The van der Waals surface area contributed by atoms with Crippen molar-refractivity contribution in [1.29, 1.82) is 0 Å². The lowest BCUT2D eigenvalue weighted by Crippen LogP contribution is -2.18. The first kappa shape index (κ1) is 33.3. The van der Waals surface area contributed by atoms with E-state index < -0.39 is 53.1 Å². The number of halogens is 6. The van der Waals surface area contributed by atoms with Gasteiger partial charge in [0.1, 0.15) is 36.5 Å². The molecule has 4 aromatic rings. The standard InChI is InChI=1S/C35H26Cl2F4N2O5/c36-25-13-19(3-9-27(25)38)42-33(44)23-7-11-29(40)31-17(1-5-21(23)31)15-47-35(46)48-16-18-2-6-22-24(8-12-30(41)32(18)22)34(45)43-20-4-10-28(39)26(37)14-20/h3-4,7-14,17-18H,1-2,5-6,15-16H2,(H,42,44)(H,43,45)/t17-,18-/m1/s1. The largest absolute Gasteiger partial charge is 0.508 e. The third kappa shape index (κ3) is 6.84. The Balaban J connectivity index is 1.07. The van der Waals surface area contributed by atoms with E-state index >= 15 is 0 Å². The van der Waals surface area contributed by atoms with Gasteiger partial charge in [0.15, 0.2) is 0 Å². The predicted molar refractivity (Wildman–Crippen MR) is 171 cm³/mol. The second-order valence-corrected chi connectivity index (χ2v) is 12.3. The van der Waals surface area contributed by atoms with E-state index in [0.29, 0.717) is 36.8 Å². The number of rotatable bonds is 8. The molecule has 0 heterocycles. The highest BCUT2D eigenvalue weighted by Gasteiger charge is 2.33. The smallest absolute Gasteiger partial charge is 0.434 e. The van der Waals surface area contributed by atoms with E-state index in [1.807, 2.05) is 0 Å². The summed E-state index contributed by atoms with van der Waals surface area (Å²) >= 11 is 11.6. The number of carbonyl (C=O) groups excluding carboxylic acids is 3. The summed E-state index contributed by atoms with van der Waals surface area (Å²) in [4.78, 5) is 38.6. The molecule has 2 aliphatic carbocycles. The number of hydrogen-bond donors (Lipinski definition) is 2. The van der Waals surface area contributed by atoms with Crippen LogP contribution in [0.5, 0.6) is 0 Å². The molecular formula is C35H26Cl2F4N2O5. The van der Waals surface area contributed by atoms with Gasteiger partial charge in [-0.1, -0.05) is 23.2 Å². The molecule has 48 heavy (non-hydrogen) atoms. The van der Waals surface area contributed by atoms with E-state index in [9.17, 15) is 31.9 Å². The molecule has 13 heteroatoms. The van der Waals surface area contributed by atoms with Crippen molar-refractivity contribution >= 4 is 52.5 Å². The van der Waals surface area contributed by atoms with Crippen molar-refractivity contribution in [3.8, 4) is 0 Å². The Morgan fingerprint density at radius 3 is 1.42 bits per heavy atom. The summed E-state index contributed by atoms with van der Waals surface area (Å²) in [5, 5.41) is 4.95. The van der Waals surface area contributed by atoms with Gasteiger partial charge in [-0.3, -0.25) is 9.59 Å². The van der Waals surface area contributed by atoms with Gasteiger partial charge in [-0.2, -0.15) is 0 Å². The number of hydrogen-bond acceptors (Lipinski definition) is 5. The van der Waals surface area contributed by atoms with Crippen LogP contribution in [0.2, 0.25) is 10.0 Å². The first-order valence-corrected chi connectivity index (χ1v) is 15.7. The minimum absolute atomic E-state index is 0.162. The van der Waals surface area contributed by atoms with Crippen LogP contribution in [0.4, 0.5) is 33.7 Å². The summed E-state index contributed by atoms with van der Waals surface area (Å²) in [5.74, 6) is -4.51. The Morgan fingerprint density at radius 2 is 1.02 bits per heavy atom. The molecule has 0 aromatic heterocycles. The Hall–Kier alpha value is -4.61. The summed E-state index contributed by atoms with van der Waals surface area (Å²) in [6.45, 7) is -0.427. The molecule has 0 radical (unpaired) electrons. The van der Waals surface area contributed by atoms with Crippen molar-refractivity contribution in [3.05, 3.63) is 127 Å². The average Bonchev–Trinajstić information content (AvgIpc) is 3.69. The number of nitrogens with one attached hydrogen (secondary N) is 2. The van der Waals surface area contributed by atoms with Crippen molar-refractivity contribution in [2.45, 2.75) is 37.5 Å². The topological polar surface area (TPSA) is 93.7 Å². The summed E-state index contributed by atoms with van der Waals surface area (Å²) in [5.41, 5.74) is 2.46. The van der Waals surface area contributed by atoms with Crippen LogP contribution in [-0.2, 0) is 22.3 Å². The van der Waals surface area contributed by atoms with Crippen LogP contribution < -0.4 is 10.6 Å². The van der Waals surface area contributed by atoms with Gasteiger partial charge in [-0.05, 0) is 109 Å². The zero-order valence-electron chi connectivity index (χ0n) is 25.0. The Kier molecular flexibility index (Phi) is 9.61. The normalized spacial score (nSPS) is 16.2. The number of fused-ring (bicyclic) bond motifs is 2. The van der Waals surface area contributed by atoms with Crippen LogP contribution >= 0.6 is 23.2 Å². The van der Waals surface area contributed by atoms with Gasteiger partial charge in [-0.25, -0.2) is 22.4 Å². The molecule has 2 N–H and O–H groups in total. The molecule has 0 bridgehead atoms. The van der Waals surface area contributed by atoms with Gasteiger partial charge >= 0.3 is 6.16 Å². The SMILES string of the molecule is O=C(OC[C@H]1CCc2c(C(=O)Nc3ccc(F)c(Cl)c3)ccc(F)c21)OC[C@H]1CCc2c(C(=O)Nc3ccc(F)c(Cl)c3)ccc(F)c21. The van der Waals surface area contributed by atoms with Crippen molar-refractivity contribution < 1.29 is 41.4 Å². The number of anilines is 2. The van der Waals surface area contributed by atoms with E-state index in [1.54, 1.807) is 0 Å². The van der Waals surface area contributed by atoms with Gasteiger partial charge in [0.25, 0.3) is 11.8 Å². The number of ether oxygens (including phenoxy) is 2. The lowest BCUT2D eigenvalue weighted by Gasteiger charge is -2.16. The van der Waals surface area contributed by atoms with Crippen molar-refractivity contribution in [3.63, 3.8) is 0 Å². The minimum atomic E-state index is -1.03. The maximum Gasteiger partial charge on any atom is 0.508 e. The molecule has 0 spiro atoms. The maximum absolute atomic E-state index is 15.0. The van der Waals surface area contributed by atoms with E-state index in [2.05, 4.69) is 10.6 Å². The Bertz CT molecular complexity index is 1820. The van der Waals surface area contributed by atoms with Gasteiger partial charge < -0.3 is 20.1 Å². The summed E-state index contributed by atoms with van der Waals surface area (Å²) < 4.78 is 67.6. The molecule has 0 fully saturated rings. The molecular weight excluding hydrogens is 675 g/mol.